The SMILES string of the molecule is Cc1cc(N2CCN(C(=O)c3cnc(NCc4ccc(Cl)cc4Cl)c(C(C)C)n3)C(C)(C)C2)nc(C)c1C(=O)O. The molecule has 1 aliphatic rings. The first kappa shape index (κ1) is 29.6. The summed E-state index contributed by atoms with van der Waals surface area (Å²) in [6.07, 6.45) is 1.52. The van der Waals surface area contributed by atoms with Gasteiger partial charge < -0.3 is 20.2 Å². The molecule has 40 heavy (non-hydrogen) atoms. The molecule has 1 saturated heterocycles. The van der Waals surface area contributed by atoms with Gasteiger partial charge in [0, 0.05) is 36.2 Å². The van der Waals surface area contributed by atoms with Crippen molar-refractivity contribution in [3.63, 3.8) is 0 Å². The van der Waals surface area contributed by atoms with E-state index in [1.54, 1.807) is 32.0 Å². The van der Waals surface area contributed by atoms with Crippen molar-refractivity contribution in [2.75, 3.05) is 29.9 Å². The Labute approximate surface area is 244 Å². The van der Waals surface area contributed by atoms with Crippen LogP contribution in [-0.4, -0.2) is 62.0 Å². The summed E-state index contributed by atoms with van der Waals surface area (Å²) < 4.78 is 0. The van der Waals surface area contributed by atoms with E-state index in [0.717, 1.165) is 5.56 Å². The Morgan fingerprint density at radius 2 is 1.85 bits per heavy atom. The number of halogens is 2. The molecule has 3 aromatic rings. The van der Waals surface area contributed by atoms with Gasteiger partial charge in [0.1, 0.15) is 17.3 Å². The number of benzene rings is 1. The van der Waals surface area contributed by atoms with E-state index in [4.69, 9.17) is 28.2 Å². The second kappa shape index (κ2) is 11.6. The fourth-order valence-corrected chi connectivity index (χ4v) is 5.53. The number of carbonyl (C=O) groups is 2. The summed E-state index contributed by atoms with van der Waals surface area (Å²) in [4.78, 5) is 43.1. The van der Waals surface area contributed by atoms with Crippen molar-refractivity contribution >= 4 is 46.7 Å². The van der Waals surface area contributed by atoms with E-state index < -0.39 is 11.5 Å². The Kier molecular flexibility index (Phi) is 8.56. The monoisotopic (exact) mass is 584 g/mol. The van der Waals surface area contributed by atoms with Crippen molar-refractivity contribution in [3.8, 4) is 0 Å². The lowest BCUT2D eigenvalue weighted by Gasteiger charge is -2.47. The maximum absolute atomic E-state index is 13.7. The molecule has 0 aliphatic carbocycles. The highest BCUT2D eigenvalue weighted by atomic mass is 35.5. The number of pyridine rings is 1. The Hall–Kier alpha value is -3.43. The van der Waals surface area contributed by atoms with Gasteiger partial charge in [0.05, 0.1) is 28.7 Å². The highest BCUT2D eigenvalue weighted by Gasteiger charge is 2.38. The van der Waals surface area contributed by atoms with E-state index in [2.05, 4.69) is 20.2 Å². The van der Waals surface area contributed by atoms with Crippen LogP contribution in [-0.2, 0) is 6.54 Å². The van der Waals surface area contributed by atoms with Crippen molar-refractivity contribution in [1.82, 2.24) is 19.9 Å². The van der Waals surface area contributed by atoms with Crippen molar-refractivity contribution < 1.29 is 14.7 Å². The molecule has 0 unspecified atom stereocenters. The van der Waals surface area contributed by atoms with Crippen LogP contribution in [0, 0.1) is 13.8 Å². The van der Waals surface area contributed by atoms with Gasteiger partial charge in [-0.2, -0.15) is 0 Å². The van der Waals surface area contributed by atoms with Gasteiger partial charge in [0.2, 0.25) is 0 Å². The molecule has 9 nitrogen and oxygen atoms in total. The van der Waals surface area contributed by atoms with Crippen LogP contribution in [0.5, 0.6) is 0 Å². The lowest BCUT2D eigenvalue weighted by Crippen LogP contribution is -2.61. The van der Waals surface area contributed by atoms with Crippen LogP contribution in [0.2, 0.25) is 10.0 Å². The number of amides is 1. The van der Waals surface area contributed by atoms with Crippen molar-refractivity contribution in [2.24, 2.45) is 0 Å². The van der Waals surface area contributed by atoms with Gasteiger partial charge in [-0.05, 0) is 62.9 Å². The first-order valence-corrected chi connectivity index (χ1v) is 13.9. The average molecular weight is 586 g/mol. The number of aromatic nitrogens is 3. The molecule has 0 bridgehead atoms. The van der Waals surface area contributed by atoms with Crippen LogP contribution in [0.4, 0.5) is 11.6 Å². The number of hydrogen-bond donors (Lipinski definition) is 2. The number of hydrogen-bond acceptors (Lipinski definition) is 7. The summed E-state index contributed by atoms with van der Waals surface area (Å²) in [6, 6.07) is 7.14. The minimum Gasteiger partial charge on any atom is -0.478 e. The first-order valence-electron chi connectivity index (χ1n) is 13.1. The predicted octanol–water partition coefficient (Wildman–Crippen LogP) is 5.97. The lowest BCUT2D eigenvalue weighted by molar-refractivity contribution is 0.0506. The summed E-state index contributed by atoms with van der Waals surface area (Å²) in [5, 5.41) is 13.9. The third-order valence-electron chi connectivity index (χ3n) is 7.10. The number of carbonyl (C=O) groups excluding carboxylic acids is 1. The number of carboxylic acid groups (broad SMARTS) is 1. The molecule has 3 heterocycles. The first-order chi connectivity index (χ1) is 18.8. The largest absolute Gasteiger partial charge is 0.478 e. The van der Waals surface area contributed by atoms with Crippen LogP contribution in [0.25, 0.3) is 0 Å². The van der Waals surface area contributed by atoms with Crippen LogP contribution < -0.4 is 10.2 Å². The van der Waals surface area contributed by atoms with Gasteiger partial charge in [0.15, 0.2) is 0 Å². The Bertz CT molecular complexity index is 1440. The molecular weight excluding hydrogens is 551 g/mol. The number of aryl methyl sites for hydroxylation is 2. The Balaban J connectivity index is 1.52. The lowest BCUT2D eigenvalue weighted by atomic mass is 9.97. The van der Waals surface area contributed by atoms with Gasteiger partial charge >= 0.3 is 5.97 Å². The van der Waals surface area contributed by atoms with E-state index in [1.807, 2.05) is 38.7 Å². The maximum Gasteiger partial charge on any atom is 0.337 e. The van der Waals surface area contributed by atoms with Gasteiger partial charge in [-0.3, -0.25) is 4.79 Å². The zero-order chi connectivity index (χ0) is 29.4. The number of nitrogens with zero attached hydrogens (tertiary/aromatic N) is 5. The van der Waals surface area contributed by atoms with E-state index in [9.17, 15) is 14.7 Å². The summed E-state index contributed by atoms with van der Waals surface area (Å²) in [5.41, 5.74) is 2.69. The molecule has 2 N–H and O–H groups in total. The normalized spacial score (nSPS) is 14.9. The molecule has 1 aliphatic heterocycles. The standard InChI is InChI=1S/C29H34Cl2N6O3/c1-16(2)25-26(32-13-19-7-8-20(30)12-21(19)31)33-14-22(35-25)27(38)37-10-9-36(15-29(37,5)6)23-11-17(3)24(28(39)40)18(4)34-23/h7-8,11-12,14,16H,9-10,13,15H2,1-6H3,(H,32,33)(H,39,40). The van der Waals surface area contributed by atoms with Crippen molar-refractivity contribution in [1.29, 1.82) is 0 Å². The fourth-order valence-electron chi connectivity index (χ4n) is 5.05. The number of carboxylic acids is 1. The minimum absolute atomic E-state index is 0.0274. The summed E-state index contributed by atoms with van der Waals surface area (Å²) in [5.74, 6) is 0.163. The molecule has 0 atom stereocenters. The van der Waals surface area contributed by atoms with Gasteiger partial charge in [-0.25, -0.2) is 19.7 Å². The maximum atomic E-state index is 13.7. The highest BCUT2D eigenvalue weighted by molar-refractivity contribution is 6.35. The topological polar surface area (TPSA) is 112 Å². The zero-order valence-electron chi connectivity index (χ0n) is 23.5. The highest BCUT2D eigenvalue weighted by Crippen LogP contribution is 2.29. The van der Waals surface area contributed by atoms with Crippen molar-refractivity contribution in [3.05, 3.63) is 74.3 Å². The van der Waals surface area contributed by atoms with Crippen molar-refractivity contribution in [2.45, 2.75) is 59.5 Å². The second-order valence-electron chi connectivity index (χ2n) is 11.0. The third kappa shape index (κ3) is 6.15. The molecule has 0 saturated carbocycles. The van der Waals surface area contributed by atoms with Crippen LogP contribution >= 0.6 is 23.2 Å². The third-order valence-corrected chi connectivity index (χ3v) is 7.68. The van der Waals surface area contributed by atoms with E-state index >= 15 is 0 Å². The molecule has 1 aromatic carbocycles. The number of nitrogens with one attached hydrogen (secondary N) is 1. The summed E-state index contributed by atoms with van der Waals surface area (Å²) in [7, 11) is 0. The zero-order valence-corrected chi connectivity index (χ0v) is 25.1. The predicted molar refractivity (Wildman–Crippen MR) is 158 cm³/mol. The van der Waals surface area contributed by atoms with Gasteiger partial charge in [-0.15, -0.1) is 0 Å². The van der Waals surface area contributed by atoms with E-state index in [0.29, 0.717) is 64.8 Å². The molecule has 212 valence electrons. The Morgan fingerprint density at radius 1 is 1.12 bits per heavy atom. The molecule has 1 fully saturated rings. The molecule has 0 radical (unpaired) electrons. The van der Waals surface area contributed by atoms with Crippen LogP contribution in [0.3, 0.4) is 0 Å². The smallest absolute Gasteiger partial charge is 0.337 e. The average Bonchev–Trinajstić information content (AvgIpc) is 2.86. The van der Waals surface area contributed by atoms with Crippen LogP contribution in [0.1, 0.15) is 77.0 Å². The molecule has 1 amide bonds. The van der Waals surface area contributed by atoms with Gasteiger partial charge in [0.25, 0.3) is 5.91 Å². The van der Waals surface area contributed by atoms with Gasteiger partial charge in [-0.1, -0.05) is 43.1 Å². The molecule has 4 rings (SSSR count). The second-order valence-corrected chi connectivity index (χ2v) is 11.8. The molecule has 11 heteroatoms. The molecular formula is C29H34Cl2N6O3. The van der Waals surface area contributed by atoms with E-state index in [1.165, 1.54) is 6.20 Å². The molecule has 2 aromatic heterocycles. The van der Waals surface area contributed by atoms with E-state index in [-0.39, 0.29) is 23.1 Å². The number of anilines is 2. The fraction of sp³-hybridized carbons (Fsp3) is 0.414. The summed E-state index contributed by atoms with van der Waals surface area (Å²) >= 11 is 12.3. The molecule has 0 spiro atoms. The quantitative estimate of drug-likeness (QED) is 0.349. The number of aromatic carboxylic acids is 1. The summed E-state index contributed by atoms with van der Waals surface area (Å²) in [6.45, 7) is 13.5. The van der Waals surface area contributed by atoms with Crippen LogP contribution in [0.15, 0.2) is 30.5 Å². The number of piperazine rings is 1. The minimum atomic E-state index is -0.985. The number of rotatable bonds is 7. The Morgan fingerprint density at radius 3 is 2.45 bits per heavy atom.